The van der Waals surface area contributed by atoms with Gasteiger partial charge in [-0.1, -0.05) is 29.5 Å². The Kier molecular flexibility index (Phi) is 5.59. The van der Waals surface area contributed by atoms with Crippen molar-refractivity contribution in [3.8, 4) is 0 Å². The van der Waals surface area contributed by atoms with Crippen LogP contribution in [0.1, 0.15) is 29.4 Å². The highest BCUT2D eigenvalue weighted by Crippen LogP contribution is 2.27. The smallest absolute Gasteiger partial charge is 0.261 e. The Morgan fingerprint density at radius 2 is 2.03 bits per heavy atom. The number of thiazole rings is 1. The van der Waals surface area contributed by atoms with Crippen LogP contribution < -0.4 is 10.6 Å². The summed E-state index contributed by atoms with van der Waals surface area (Å²) in [5.74, 6) is -0.779. The second-order valence-electron chi connectivity index (χ2n) is 6.84. The molecule has 1 aliphatic heterocycles. The number of amides is 3. The Morgan fingerprint density at radius 1 is 1.21 bits per heavy atom. The quantitative estimate of drug-likeness (QED) is 0.653. The molecular weight excluding hydrogens is 408 g/mol. The van der Waals surface area contributed by atoms with E-state index >= 15 is 0 Å². The second-order valence-corrected chi connectivity index (χ2v) is 8.82. The van der Waals surface area contributed by atoms with Gasteiger partial charge in [-0.2, -0.15) is 0 Å². The van der Waals surface area contributed by atoms with E-state index in [1.54, 1.807) is 24.0 Å². The zero-order valence-electron chi connectivity index (χ0n) is 15.8. The van der Waals surface area contributed by atoms with Crippen molar-refractivity contribution in [3.63, 3.8) is 0 Å². The van der Waals surface area contributed by atoms with Gasteiger partial charge >= 0.3 is 0 Å². The van der Waals surface area contributed by atoms with Crippen LogP contribution in [-0.4, -0.2) is 46.2 Å². The molecule has 3 amide bonds. The lowest BCUT2D eigenvalue weighted by Crippen LogP contribution is -2.51. The minimum Gasteiger partial charge on any atom is -0.340 e. The Bertz CT molecular complexity index is 1010. The first-order chi connectivity index (χ1) is 14.0. The van der Waals surface area contributed by atoms with E-state index in [2.05, 4.69) is 15.6 Å². The summed E-state index contributed by atoms with van der Waals surface area (Å²) in [6.45, 7) is 2.14. The maximum atomic E-state index is 12.9. The fourth-order valence-corrected chi connectivity index (χ4v) is 4.90. The van der Waals surface area contributed by atoms with Crippen molar-refractivity contribution in [2.24, 2.45) is 0 Å². The first-order valence-corrected chi connectivity index (χ1v) is 11.0. The van der Waals surface area contributed by atoms with E-state index < -0.39 is 12.1 Å². The standard InChI is InChI=1S/C20H20N4O3S2/c1-12(21-18(26)16-9-5-11-28-16)19(27)24-10-4-7-14(24)17(25)23-20-22-13-6-2-3-8-15(13)29-20/h2-3,5-6,8-9,11-12,14H,4,7,10H2,1H3,(H,21,26)(H,22,23,25). The number of hydrogen-bond acceptors (Lipinski definition) is 6. The fraction of sp³-hybridized carbons (Fsp3) is 0.300. The zero-order valence-corrected chi connectivity index (χ0v) is 17.4. The van der Waals surface area contributed by atoms with Crippen molar-refractivity contribution in [1.29, 1.82) is 0 Å². The molecule has 2 unspecified atom stereocenters. The van der Waals surface area contributed by atoms with Crippen LogP contribution in [0.5, 0.6) is 0 Å². The van der Waals surface area contributed by atoms with Gasteiger partial charge in [-0.25, -0.2) is 4.98 Å². The lowest BCUT2D eigenvalue weighted by atomic mass is 10.2. The van der Waals surface area contributed by atoms with Crippen LogP contribution in [0, 0.1) is 0 Å². The van der Waals surface area contributed by atoms with Gasteiger partial charge in [0.15, 0.2) is 5.13 Å². The average molecular weight is 429 g/mol. The summed E-state index contributed by atoms with van der Waals surface area (Å²) in [6.07, 6.45) is 1.34. The number of fused-ring (bicyclic) bond motifs is 1. The third kappa shape index (κ3) is 4.15. The highest BCUT2D eigenvalue weighted by molar-refractivity contribution is 7.22. The summed E-state index contributed by atoms with van der Waals surface area (Å²) in [5, 5.41) is 7.91. The van der Waals surface area contributed by atoms with E-state index in [1.807, 2.05) is 29.6 Å². The average Bonchev–Trinajstić information content (AvgIpc) is 3.46. The van der Waals surface area contributed by atoms with Crippen molar-refractivity contribution in [1.82, 2.24) is 15.2 Å². The van der Waals surface area contributed by atoms with Gasteiger partial charge in [-0.05, 0) is 43.3 Å². The van der Waals surface area contributed by atoms with E-state index in [9.17, 15) is 14.4 Å². The lowest BCUT2D eigenvalue weighted by Gasteiger charge is -2.26. The SMILES string of the molecule is CC(NC(=O)c1cccs1)C(=O)N1CCCC1C(=O)Nc1nc2ccccc2s1. The van der Waals surface area contributed by atoms with Crippen molar-refractivity contribution in [3.05, 3.63) is 46.7 Å². The van der Waals surface area contributed by atoms with Crippen LogP contribution in [0.4, 0.5) is 5.13 Å². The number of carbonyl (C=O) groups is 3. The number of rotatable bonds is 5. The van der Waals surface area contributed by atoms with E-state index in [4.69, 9.17) is 0 Å². The predicted molar refractivity (Wildman–Crippen MR) is 114 cm³/mol. The molecular formula is C20H20N4O3S2. The molecule has 2 atom stereocenters. The molecule has 2 aromatic heterocycles. The Balaban J connectivity index is 1.41. The van der Waals surface area contributed by atoms with Crippen LogP contribution in [-0.2, 0) is 9.59 Å². The van der Waals surface area contributed by atoms with Crippen LogP contribution in [0.2, 0.25) is 0 Å². The number of nitrogens with one attached hydrogen (secondary N) is 2. The third-order valence-electron chi connectivity index (χ3n) is 4.83. The summed E-state index contributed by atoms with van der Waals surface area (Å²) in [4.78, 5) is 44.4. The second kappa shape index (κ2) is 8.30. The van der Waals surface area contributed by atoms with Crippen LogP contribution in [0.3, 0.4) is 0 Å². The van der Waals surface area contributed by atoms with E-state index in [0.717, 1.165) is 16.6 Å². The molecule has 0 saturated carbocycles. The first-order valence-electron chi connectivity index (χ1n) is 9.34. The van der Waals surface area contributed by atoms with E-state index in [1.165, 1.54) is 22.7 Å². The number of carbonyl (C=O) groups excluding carboxylic acids is 3. The van der Waals surface area contributed by atoms with Crippen LogP contribution >= 0.6 is 22.7 Å². The molecule has 9 heteroatoms. The van der Waals surface area contributed by atoms with Crippen molar-refractivity contribution < 1.29 is 14.4 Å². The summed E-state index contributed by atoms with van der Waals surface area (Å²) < 4.78 is 0.993. The summed E-state index contributed by atoms with van der Waals surface area (Å²) in [6, 6.07) is 9.90. The molecule has 0 aliphatic carbocycles. The molecule has 3 heterocycles. The highest BCUT2D eigenvalue weighted by Gasteiger charge is 2.36. The Labute approximate surface area is 175 Å². The zero-order chi connectivity index (χ0) is 20.4. The molecule has 3 aromatic rings. The van der Waals surface area contributed by atoms with E-state index in [0.29, 0.717) is 23.0 Å². The number of benzene rings is 1. The van der Waals surface area contributed by atoms with Gasteiger partial charge in [0.05, 0.1) is 15.1 Å². The molecule has 7 nitrogen and oxygen atoms in total. The number of thiophene rings is 1. The molecule has 29 heavy (non-hydrogen) atoms. The van der Waals surface area contributed by atoms with Crippen molar-refractivity contribution >= 4 is 55.7 Å². The van der Waals surface area contributed by atoms with Gasteiger partial charge in [0.25, 0.3) is 5.91 Å². The monoisotopic (exact) mass is 428 g/mol. The third-order valence-corrected chi connectivity index (χ3v) is 6.65. The molecule has 150 valence electrons. The largest absolute Gasteiger partial charge is 0.340 e. The maximum Gasteiger partial charge on any atom is 0.261 e. The molecule has 0 bridgehead atoms. The summed E-state index contributed by atoms with van der Waals surface area (Å²) in [5.41, 5.74) is 0.831. The Hall–Kier alpha value is -2.78. The number of hydrogen-bond donors (Lipinski definition) is 2. The van der Waals surface area contributed by atoms with Gasteiger partial charge in [0, 0.05) is 6.54 Å². The fourth-order valence-electron chi connectivity index (χ4n) is 3.40. The van der Waals surface area contributed by atoms with Crippen LogP contribution in [0.15, 0.2) is 41.8 Å². The minimum absolute atomic E-state index is 0.244. The molecule has 1 aliphatic rings. The predicted octanol–water partition coefficient (Wildman–Crippen LogP) is 3.11. The highest BCUT2D eigenvalue weighted by atomic mass is 32.1. The molecule has 4 rings (SSSR count). The number of aromatic nitrogens is 1. The van der Waals surface area contributed by atoms with Crippen molar-refractivity contribution in [2.75, 3.05) is 11.9 Å². The normalized spacial score (nSPS) is 17.3. The number of likely N-dealkylation sites (tertiary alicyclic amines) is 1. The summed E-state index contributed by atoms with van der Waals surface area (Å²) in [7, 11) is 0. The maximum absolute atomic E-state index is 12.9. The molecule has 1 fully saturated rings. The van der Waals surface area contributed by atoms with Crippen LogP contribution in [0.25, 0.3) is 10.2 Å². The topological polar surface area (TPSA) is 91.4 Å². The lowest BCUT2D eigenvalue weighted by molar-refractivity contribution is -0.137. The van der Waals surface area contributed by atoms with Gasteiger partial charge < -0.3 is 15.5 Å². The van der Waals surface area contributed by atoms with Gasteiger partial charge in [-0.15, -0.1) is 11.3 Å². The summed E-state index contributed by atoms with van der Waals surface area (Å²) >= 11 is 2.72. The van der Waals surface area contributed by atoms with Gasteiger partial charge in [-0.3, -0.25) is 14.4 Å². The van der Waals surface area contributed by atoms with Gasteiger partial charge in [0.1, 0.15) is 12.1 Å². The minimum atomic E-state index is -0.708. The molecule has 1 aromatic carbocycles. The number of nitrogens with zero attached hydrogens (tertiary/aromatic N) is 2. The Morgan fingerprint density at radius 3 is 2.79 bits per heavy atom. The molecule has 2 N–H and O–H groups in total. The molecule has 1 saturated heterocycles. The molecule has 0 spiro atoms. The molecule has 0 radical (unpaired) electrons. The van der Waals surface area contributed by atoms with Crippen molar-refractivity contribution in [2.45, 2.75) is 31.8 Å². The van der Waals surface area contributed by atoms with E-state index in [-0.39, 0.29) is 17.7 Å². The number of para-hydroxylation sites is 1. The van der Waals surface area contributed by atoms with Gasteiger partial charge in [0.2, 0.25) is 11.8 Å². The number of anilines is 1. The first kappa shape index (κ1) is 19.5.